The minimum atomic E-state index is -4.51. The minimum Gasteiger partial charge on any atom is -0.379 e. The highest BCUT2D eigenvalue weighted by molar-refractivity contribution is 5.74. The second-order valence-corrected chi connectivity index (χ2v) is 3.37. The lowest BCUT2D eigenvalue weighted by atomic mass is 10.2. The lowest BCUT2D eigenvalue weighted by Crippen LogP contribution is -2.27. The normalized spacial score (nSPS) is 11.1. The van der Waals surface area contributed by atoms with Crippen LogP contribution < -0.4 is 10.3 Å². The molecule has 6 heteroatoms. The van der Waals surface area contributed by atoms with Gasteiger partial charge in [-0.2, -0.15) is 18.7 Å². The minimum absolute atomic E-state index is 0.203. The second kappa shape index (κ2) is 5.56. The number of hydrogen-bond donors (Lipinski definition) is 1. The van der Waals surface area contributed by atoms with Gasteiger partial charge in [0.15, 0.2) is 5.75 Å². The molecule has 1 aromatic carbocycles. The zero-order valence-electron chi connectivity index (χ0n) is 9.17. The average molecular weight is 247 g/mol. The molecular weight excluding hydrogens is 235 g/mol. The number of hydrogen-bond acceptors (Lipinski definition) is 2. The molecule has 3 nitrogen and oxygen atoms in total. The van der Waals surface area contributed by atoms with Crippen LogP contribution in [0.25, 0.3) is 0 Å². The van der Waals surface area contributed by atoms with Gasteiger partial charge >= 0.3 is 6.18 Å². The Morgan fingerprint density at radius 3 is 2.59 bits per heavy atom. The van der Waals surface area contributed by atoms with Crippen LogP contribution in [0, 0.1) is 0 Å². The summed E-state index contributed by atoms with van der Waals surface area (Å²) in [5.41, 5.74) is 1.05. The van der Waals surface area contributed by atoms with Gasteiger partial charge in [0, 0.05) is 6.42 Å². The fourth-order valence-corrected chi connectivity index (χ4v) is 1.18. The standard InChI is InChI=1S/C11H12F3NO2/c1-2-5-10(16)15-17-9-7-4-3-6-8(9)11(12,13)14/h3-4,6-7H,2,5H2,1H3,(H,15,16). The maximum atomic E-state index is 12.5. The van der Waals surface area contributed by atoms with Crippen molar-refractivity contribution < 1.29 is 22.8 Å². The molecule has 0 unspecified atom stereocenters. The Morgan fingerprint density at radius 2 is 2.00 bits per heavy atom. The summed E-state index contributed by atoms with van der Waals surface area (Å²) in [7, 11) is 0. The van der Waals surface area contributed by atoms with Crippen molar-refractivity contribution in [2.24, 2.45) is 0 Å². The molecule has 94 valence electrons. The van der Waals surface area contributed by atoms with Crippen LogP contribution in [-0.4, -0.2) is 5.91 Å². The Bertz CT molecular complexity index is 391. The second-order valence-electron chi connectivity index (χ2n) is 3.37. The van der Waals surface area contributed by atoms with E-state index in [0.29, 0.717) is 6.42 Å². The van der Waals surface area contributed by atoms with Crippen LogP contribution in [0.15, 0.2) is 24.3 Å². The number of halogens is 3. The van der Waals surface area contributed by atoms with E-state index in [4.69, 9.17) is 0 Å². The highest BCUT2D eigenvalue weighted by atomic mass is 19.4. The Balaban J connectivity index is 2.74. The van der Waals surface area contributed by atoms with E-state index in [0.717, 1.165) is 12.1 Å². The van der Waals surface area contributed by atoms with Crippen LogP contribution in [0.1, 0.15) is 25.3 Å². The van der Waals surface area contributed by atoms with E-state index in [9.17, 15) is 18.0 Å². The van der Waals surface area contributed by atoms with Crippen molar-refractivity contribution in [3.8, 4) is 5.75 Å². The summed E-state index contributed by atoms with van der Waals surface area (Å²) in [5, 5.41) is 0. The van der Waals surface area contributed by atoms with Crippen LogP contribution in [-0.2, 0) is 11.0 Å². The summed E-state index contributed by atoms with van der Waals surface area (Å²) < 4.78 is 37.6. The molecule has 0 aromatic heterocycles. The number of rotatable bonds is 4. The van der Waals surface area contributed by atoms with Crippen LogP contribution in [0.5, 0.6) is 5.75 Å². The maximum absolute atomic E-state index is 12.5. The lowest BCUT2D eigenvalue weighted by Gasteiger charge is -2.13. The summed E-state index contributed by atoms with van der Waals surface area (Å²) in [6, 6.07) is 4.69. The number of alkyl halides is 3. The van der Waals surface area contributed by atoms with Crippen molar-refractivity contribution in [3.63, 3.8) is 0 Å². The first-order chi connectivity index (χ1) is 7.95. The highest BCUT2D eigenvalue weighted by Gasteiger charge is 2.34. The van der Waals surface area contributed by atoms with E-state index in [1.54, 1.807) is 6.92 Å². The van der Waals surface area contributed by atoms with E-state index in [-0.39, 0.29) is 6.42 Å². The molecule has 17 heavy (non-hydrogen) atoms. The fourth-order valence-electron chi connectivity index (χ4n) is 1.18. The summed E-state index contributed by atoms with van der Waals surface area (Å²) >= 11 is 0. The first kappa shape index (κ1) is 13.3. The molecular formula is C11H12F3NO2. The Labute approximate surface area is 96.5 Å². The zero-order valence-corrected chi connectivity index (χ0v) is 9.17. The van der Waals surface area contributed by atoms with E-state index in [2.05, 4.69) is 4.84 Å². The third-order valence-electron chi connectivity index (χ3n) is 1.94. The number of nitrogens with one attached hydrogen (secondary N) is 1. The number of para-hydroxylation sites is 1. The van der Waals surface area contributed by atoms with Crippen molar-refractivity contribution in [3.05, 3.63) is 29.8 Å². The van der Waals surface area contributed by atoms with Gasteiger partial charge in [0.05, 0.1) is 0 Å². The molecule has 0 saturated carbocycles. The number of hydroxylamine groups is 1. The zero-order chi connectivity index (χ0) is 12.9. The maximum Gasteiger partial charge on any atom is 0.420 e. The molecule has 0 heterocycles. The van der Waals surface area contributed by atoms with Crippen molar-refractivity contribution in [1.82, 2.24) is 5.48 Å². The van der Waals surface area contributed by atoms with Gasteiger partial charge in [0.1, 0.15) is 5.56 Å². The first-order valence-electron chi connectivity index (χ1n) is 5.07. The summed E-state index contributed by atoms with van der Waals surface area (Å²) in [6.07, 6.45) is -3.71. The number of amides is 1. The summed E-state index contributed by atoms with van der Waals surface area (Å²) in [5.74, 6) is -0.867. The SMILES string of the molecule is CCCC(=O)NOc1ccccc1C(F)(F)F. The van der Waals surface area contributed by atoms with Crippen molar-refractivity contribution in [1.29, 1.82) is 0 Å². The predicted octanol–water partition coefficient (Wildman–Crippen LogP) is 2.92. The Kier molecular flexibility index (Phi) is 4.37. The molecule has 0 saturated heterocycles. The Hall–Kier alpha value is -1.72. The molecule has 0 aliphatic carbocycles. The average Bonchev–Trinajstić information content (AvgIpc) is 2.26. The van der Waals surface area contributed by atoms with E-state index >= 15 is 0 Å². The number of benzene rings is 1. The van der Waals surface area contributed by atoms with Crippen molar-refractivity contribution in [2.45, 2.75) is 25.9 Å². The molecule has 1 aromatic rings. The van der Waals surface area contributed by atoms with Gasteiger partial charge in [0.25, 0.3) is 5.91 Å². The predicted molar refractivity (Wildman–Crippen MR) is 55.1 cm³/mol. The smallest absolute Gasteiger partial charge is 0.379 e. The molecule has 0 fully saturated rings. The van der Waals surface area contributed by atoms with E-state index in [1.807, 2.05) is 5.48 Å². The fraction of sp³-hybridized carbons (Fsp3) is 0.364. The van der Waals surface area contributed by atoms with Gasteiger partial charge in [-0.25, -0.2) is 0 Å². The molecule has 1 rings (SSSR count). The van der Waals surface area contributed by atoms with Gasteiger partial charge in [-0.05, 0) is 18.6 Å². The van der Waals surface area contributed by atoms with Gasteiger partial charge in [-0.1, -0.05) is 19.1 Å². The molecule has 0 bridgehead atoms. The number of carbonyl (C=O) groups excluding carboxylic acids is 1. The molecule has 0 aliphatic heterocycles. The van der Waals surface area contributed by atoms with Gasteiger partial charge in [-0.15, -0.1) is 0 Å². The van der Waals surface area contributed by atoms with Crippen LogP contribution >= 0.6 is 0 Å². The molecule has 0 aliphatic rings. The quantitative estimate of drug-likeness (QED) is 0.831. The molecule has 0 atom stereocenters. The van der Waals surface area contributed by atoms with Gasteiger partial charge in [0.2, 0.25) is 0 Å². The largest absolute Gasteiger partial charge is 0.420 e. The van der Waals surface area contributed by atoms with Crippen molar-refractivity contribution in [2.75, 3.05) is 0 Å². The summed E-state index contributed by atoms with van der Waals surface area (Å²) in [4.78, 5) is 15.7. The topological polar surface area (TPSA) is 38.3 Å². The molecule has 1 N–H and O–H groups in total. The van der Waals surface area contributed by atoms with E-state index in [1.165, 1.54) is 12.1 Å². The molecule has 0 radical (unpaired) electrons. The van der Waals surface area contributed by atoms with Gasteiger partial charge < -0.3 is 4.84 Å². The van der Waals surface area contributed by atoms with Crippen molar-refractivity contribution >= 4 is 5.91 Å². The summed E-state index contributed by atoms with van der Waals surface area (Å²) in [6.45, 7) is 1.78. The third kappa shape index (κ3) is 3.97. The third-order valence-corrected chi connectivity index (χ3v) is 1.94. The van der Waals surface area contributed by atoms with Crippen LogP contribution in [0.2, 0.25) is 0 Å². The monoisotopic (exact) mass is 247 g/mol. The van der Waals surface area contributed by atoms with Gasteiger partial charge in [-0.3, -0.25) is 4.79 Å². The van der Waals surface area contributed by atoms with Crippen LogP contribution in [0.4, 0.5) is 13.2 Å². The van der Waals surface area contributed by atoms with Crippen LogP contribution in [0.3, 0.4) is 0 Å². The first-order valence-corrected chi connectivity index (χ1v) is 5.07. The van der Waals surface area contributed by atoms with E-state index < -0.39 is 23.4 Å². The molecule has 1 amide bonds. The Morgan fingerprint density at radius 1 is 1.35 bits per heavy atom. The molecule has 0 spiro atoms. The highest BCUT2D eigenvalue weighted by Crippen LogP contribution is 2.35. The number of carbonyl (C=O) groups is 1. The lowest BCUT2D eigenvalue weighted by molar-refractivity contribution is -0.141.